The molecule has 134 valence electrons. The molecule has 0 bridgehead atoms. The number of alkyl halides is 3. The van der Waals surface area contributed by atoms with Crippen molar-refractivity contribution < 1.29 is 41.8 Å². The second kappa shape index (κ2) is 7.65. The van der Waals surface area contributed by atoms with Gasteiger partial charge in [0.1, 0.15) is 0 Å². The molecule has 0 aliphatic rings. The molecule has 0 aromatic heterocycles. The van der Waals surface area contributed by atoms with E-state index in [2.05, 4.69) is 9.47 Å². The average molecular weight is 342 g/mol. The second-order valence-electron chi connectivity index (χ2n) is 6.39. The Bertz CT molecular complexity index is 448. The number of carbonyl (C=O) groups excluding carboxylic acids is 3. The van der Waals surface area contributed by atoms with Crippen molar-refractivity contribution in [3.8, 4) is 0 Å². The molecule has 9 heteroatoms. The molecular weight excluding hydrogens is 321 g/mol. The molecule has 0 unspecified atom stereocenters. The van der Waals surface area contributed by atoms with Crippen LogP contribution >= 0.6 is 0 Å². The Hall–Kier alpha value is -1.80. The van der Waals surface area contributed by atoms with Gasteiger partial charge in [-0.15, -0.1) is 0 Å². The molecule has 0 aliphatic heterocycles. The largest absolute Gasteiger partial charge is 0.454 e. The molecule has 0 aromatic rings. The Balaban J connectivity index is 4.19. The lowest BCUT2D eigenvalue weighted by molar-refractivity contribution is -0.190. The van der Waals surface area contributed by atoms with E-state index in [1.165, 1.54) is 0 Å². The highest BCUT2D eigenvalue weighted by Gasteiger charge is 2.41. The van der Waals surface area contributed by atoms with Crippen LogP contribution in [0.25, 0.3) is 0 Å². The Morgan fingerprint density at radius 2 is 1.22 bits per heavy atom. The fourth-order valence-corrected chi connectivity index (χ4v) is 0.996. The van der Waals surface area contributed by atoms with Gasteiger partial charge in [-0.2, -0.15) is 13.2 Å². The molecule has 6 nitrogen and oxygen atoms in total. The fourth-order valence-electron chi connectivity index (χ4n) is 0.996. The van der Waals surface area contributed by atoms with Crippen molar-refractivity contribution in [2.45, 2.75) is 40.8 Å². The molecule has 0 heterocycles. The SMILES string of the molecule is CC(C)(C)C(C)(C)C(=O)OCC(=O)OCC(=O)OCC(F)(F)F. The predicted octanol–water partition coefficient (Wildman–Crippen LogP) is 2.25. The maximum absolute atomic E-state index is 11.9. The van der Waals surface area contributed by atoms with Gasteiger partial charge in [0.2, 0.25) is 0 Å². The number of hydrogen-bond acceptors (Lipinski definition) is 6. The van der Waals surface area contributed by atoms with E-state index in [9.17, 15) is 27.6 Å². The van der Waals surface area contributed by atoms with Crippen LogP contribution < -0.4 is 0 Å². The van der Waals surface area contributed by atoms with E-state index < -0.39 is 54.7 Å². The zero-order valence-electron chi connectivity index (χ0n) is 13.7. The third-order valence-electron chi connectivity index (χ3n) is 3.45. The van der Waals surface area contributed by atoms with E-state index in [0.717, 1.165) is 0 Å². The highest BCUT2D eigenvalue weighted by molar-refractivity contribution is 5.81. The lowest BCUT2D eigenvalue weighted by Gasteiger charge is -2.35. The summed E-state index contributed by atoms with van der Waals surface area (Å²) in [4.78, 5) is 34.1. The molecular formula is C14H21F3O6. The van der Waals surface area contributed by atoms with E-state index in [4.69, 9.17) is 4.74 Å². The van der Waals surface area contributed by atoms with Crippen molar-refractivity contribution in [1.82, 2.24) is 0 Å². The van der Waals surface area contributed by atoms with Gasteiger partial charge in [-0.3, -0.25) is 4.79 Å². The Morgan fingerprint density at radius 3 is 1.65 bits per heavy atom. The van der Waals surface area contributed by atoms with E-state index in [0.29, 0.717) is 0 Å². The highest BCUT2D eigenvalue weighted by Crippen LogP contribution is 2.38. The van der Waals surface area contributed by atoms with Crippen LogP contribution in [0.15, 0.2) is 0 Å². The lowest BCUT2D eigenvalue weighted by atomic mass is 9.69. The summed E-state index contributed by atoms with van der Waals surface area (Å²) in [5.41, 5.74) is -1.30. The first-order chi connectivity index (χ1) is 10.2. The van der Waals surface area contributed by atoms with Crippen molar-refractivity contribution in [2.75, 3.05) is 19.8 Å². The summed E-state index contributed by atoms with van der Waals surface area (Å²) < 4.78 is 48.4. The van der Waals surface area contributed by atoms with Crippen molar-refractivity contribution in [3.63, 3.8) is 0 Å². The van der Waals surface area contributed by atoms with Crippen LogP contribution in [0.5, 0.6) is 0 Å². The first-order valence-corrected chi connectivity index (χ1v) is 6.72. The van der Waals surface area contributed by atoms with Crippen molar-refractivity contribution >= 4 is 17.9 Å². The van der Waals surface area contributed by atoms with Gasteiger partial charge in [-0.1, -0.05) is 20.8 Å². The maximum atomic E-state index is 11.9. The van der Waals surface area contributed by atoms with Gasteiger partial charge in [0.05, 0.1) is 5.41 Å². The van der Waals surface area contributed by atoms with Crippen LogP contribution in [0.1, 0.15) is 34.6 Å². The van der Waals surface area contributed by atoms with Crippen LogP contribution in [0.4, 0.5) is 13.2 Å². The number of rotatable bonds is 6. The molecule has 0 amide bonds. The summed E-state index contributed by atoms with van der Waals surface area (Å²) in [7, 11) is 0. The molecule has 0 aliphatic carbocycles. The van der Waals surface area contributed by atoms with Crippen LogP contribution in [-0.2, 0) is 28.6 Å². The molecule has 0 saturated heterocycles. The van der Waals surface area contributed by atoms with Crippen LogP contribution in [0.2, 0.25) is 0 Å². The van der Waals surface area contributed by atoms with Crippen molar-refractivity contribution in [1.29, 1.82) is 0 Å². The Kier molecular flexibility index (Phi) is 7.05. The Labute approximate surface area is 132 Å². The number of halogens is 3. The molecule has 0 atom stereocenters. The maximum Gasteiger partial charge on any atom is 0.422 e. The first kappa shape index (κ1) is 21.2. The zero-order valence-corrected chi connectivity index (χ0v) is 13.7. The third-order valence-corrected chi connectivity index (χ3v) is 3.45. The van der Waals surface area contributed by atoms with Crippen molar-refractivity contribution in [2.24, 2.45) is 10.8 Å². The van der Waals surface area contributed by atoms with Crippen LogP contribution in [-0.4, -0.2) is 43.9 Å². The van der Waals surface area contributed by atoms with Gasteiger partial charge in [-0.05, 0) is 19.3 Å². The molecule has 0 rings (SSSR count). The molecule has 0 fully saturated rings. The van der Waals surface area contributed by atoms with Gasteiger partial charge < -0.3 is 14.2 Å². The van der Waals surface area contributed by atoms with Gasteiger partial charge >= 0.3 is 24.1 Å². The quantitative estimate of drug-likeness (QED) is 0.544. The van der Waals surface area contributed by atoms with E-state index in [1.54, 1.807) is 13.8 Å². The van der Waals surface area contributed by atoms with Gasteiger partial charge in [0.15, 0.2) is 19.8 Å². The molecule has 23 heavy (non-hydrogen) atoms. The summed E-state index contributed by atoms with van der Waals surface area (Å²) in [6.07, 6.45) is -4.66. The number of hydrogen-bond donors (Lipinski definition) is 0. The monoisotopic (exact) mass is 342 g/mol. The lowest BCUT2D eigenvalue weighted by Crippen LogP contribution is -2.39. The summed E-state index contributed by atoms with van der Waals surface area (Å²) in [6.45, 7) is 5.26. The predicted molar refractivity (Wildman–Crippen MR) is 72.2 cm³/mol. The van der Waals surface area contributed by atoms with Gasteiger partial charge in [0.25, 0.3) is 0 Å². The molecule has 0 aromatic carbocycles. The standard InChI is InChI=1S/C14H21F3O6/c1-12(2,3)13(4,5)11(20)22-7-9(18)21-6-10(19)23-8-14(15,16)17/h6-8H2,1-5H3. The smallest absolute Gasteiger partial charge is 0.422 e. The first-order valence-electron chi connectivity index (χ1n) is 6.72. The number of carbonyl (C=O) groups is 3. The van der Waals surface area contributed by atoms with E-state index >= 15 is 0 Å². The summed E-state index contributed by atoms with van der Waals surface area (Å²) >= 11 is 0. The zero-order chi connectivity index (χ0) is 18.5. The summed E-state index contributed by atoms with van der Waals surface area (Å²) in [5.74, 6) is -3.05. The molecule has 0 N–H and O–H groups in total. The number of esters is 3. The molecule has 0 spiro atoms. The highest BCUT2D eigenvalue weighted by atomic mass is 19.4. The average Bonchev–Trinajstić information content (AvgIpc) is 2.37. The van der Waals surface area contributed by atoms with Gasteiger partial charge in [-0.25, -0.2) is 9.59 Å². The Morgan fingerprint density at radius 1 is 0.783 bits per heavy atom. The van der Waals surface area contributed by atoms with E-state index in [1.807, 2.05) is 20.8 Å². The van der Waals surface area contributed by atoms with Crippen LogP contribution in [0.3, 0.4) is 0 Å². The number of ether oxygens (including phenoxy) is 3. The van der Waals surface area contributed by atoms with Gasteiger partial charge in [0, 0.05) is 0 Å². The third kappa shape index (κ3) is 7.85. The topological polar surface area (TPSA) is 78.9 Å². The second-order valence-corrected chi connectivity index (χ2v) is 6.39. The molecule has 0 radical (unpaired) electrons. The van der Waals surface area contributed by atoms with Crippen LogP contribution in [0, 0.1) is 10.8 Å². The minimum atomic E-state index is -4.66. The molecule has 0 saturated carbocycles. The summed E-state index contributed by atoms with van der Waals surface area (Å²) in [6, 6.07) is 0. The minimum absolute atomic E-state index is 0.421. The van der Waals surface area contributed by atoms with E-state index in [-0.39, 0.29) is 0 Å². The summed E-state index contributed by atoms with van der Waals surface area (Å²) in [5, 5.41) is 0. The minimum Gasteiger partial charge on any atom is -0.454 e. The van der Waals surface area contributed by atoms with Crippen molar-refractivity contribution in [3.05, 3.63) is 0 Å². The fraction of sp³-hybridized carbons (Fsp3) is 0.786. The normalized spacial score (nSPS) is 12.5.